The number of anilines is 1. The van der Waals surface area contributed by atoms with Gasteiger partial charge in [-0.3, -0.25) is 0 Å². The van der Waals surface area contributed by atoms with Gasteiger partial charge in [-0.15, -0.1) is 0 Å². The predicted molar refractivity (Wildman–Crippen MR) is 77.4 cm³/mol. The van der Waals surface area contributed by atoms with Crippen LogP contribution >= 0.6 is 15.9 Å². The Morgan fingerprint density at radius 2 is 1.95 bits per heavy atom. The van der Waals surface area contributed by atoms with Crippen molar-refractivity contribution in [1.29, 1.82) is 0 Å². The van der Waals surface area contributed by atoms with Crippen LogP contribution in [0.15, 0.2) is 22.7 Å². The van der Waals surface area contributed by atoms with Gasteiger partial charge >= 0.3 is 6.18 Å². The summed E-state index contributed by atoms with van der Waals surface area (Å²) in [5.74, 6) is 0. The van der Waals surface area contributed by atoms with Gasteiger partial charge < -0.3 is 14.7 Å². The van der Waals surface area contributed by atoms with Gasteiger partial charge in [0.25, 0.3) is 0 Å². The summed E-state index contributed by atoms with van der Waals surface area (Å²) in [7, 11) is 0. The average molecular weight is 368 g/mol. The number of alkyl halides is 3. The Kier molecular flexibility index (Phi) is 5.51. The molecule has 1 aliphatic rings. The fourth-order valence-electron chi connectivity index (χ4n) is 2.42. The number of aliphatic hydroxyl groups excluding tert-OH is 1. The number of piperidine rings is 1. The molecule has 0 unspecified atom stereocenters. The van der Waals surface area contributed by atoms with Crippen LogP contribution in [0.4, 0.5) is 18.9 Å². The van der Waals surface area contributed by atoms with Crippen molar-refractivity contribution in [2.24, 2.45) is 0 Å². The van der Waals surface area contributed by atoms with Gasteiger partial charge in [0.05, 0.1) is 30.6 Å². The second-order valence-corrected chi connectivity index (χ2v) is 5.80. The Morgan fingerprint density at radius 1 is 1.29 bits per heavy atom. The lowest BCUT2D eigenvalue weighted by molar-refractivity contribution is -0.137. The van der Waals surface area contributed by atoms with Crippen molar-refractivity contribution in [2.45, 2.75) is 25.1 Å². The second-order valence-electron chi connectivity index (χ2n) is 4.94. The molecule has 0 bridgehead atoms. The lowest BCUT2D eigenvalue weighted by atomic mass is 10.1. The van der Waals surface area contributed by atoms with Crippen molar-refractivity contribution in [1.82, 2.24) is 0 Å². The smallest absolute Gasteiger partial charge is 0.394 e. The fraction of sp³-hybridized carbons (Fsp3) is 0.571. The number of aliphatic hydroxyl groups is 1. The summed E-state index contributed by atoms with van der Waals surface area (Å²) >= 11 is 3.23. The Balaban J connectivity index is 2.00. The summed E-state index contributed by atoms with van der Waals surface area (Å²) in [5.41, 5.74) is 0.114. The van der Waals surface area contributed by atoms with Crippen molar-refractivity contribution in [2.75, 3.05) is 31.2 Å². The third-order valence-electron chi connectivity index (χ3n) is 3.50. The highest BCUT2D eigenvalue weighted by molar-refractivity contribution is 9.10. The molecule has 1 heterocycles. The summed E-state index contributed by atoms with van der Waals surface area (Å²) in [4.78, 5) is 2.04. The molecule has 7 heteroatoms. The molecule has 21 heavy (non-hydrogen) atoms. The largest absolute Gasteiger partial charge is 0.416 e. The van der Waals surface area contributed by atoms with Gasteiger partial charge in [0.1, 0.15) is 0 Å². The zero-order valence-corrected chi connectivity index (χ0v) is 13.0. The number of nitrogens with zero attached hydrogens (tertiary/aromatic N) is 1. The molecule has 0 aromatic heterocycles. The molecule has 1 saturated heterocycles. The van der Waals surface area contributed by atoms with Gasteiger partial charge in [0, 0.05) is 17.6 Å². The average Bonchev–Trinajstić information content (AvgIpc) is 2.45. The van der Waals surface area contributed by atoms with E-state index in [0.717, 1.165) is 43.8 Å². The van der Waals surface area contributed by atoms with E-state index in [1.165, 1.54) is 6.07 Å². The van der Waals surface area contributed by atoms with Gasteiger partial charge in [-0.05, 0) is 47.0 Å². The van der Waals surface area contributed by atoms with Gasteiger partial charge in [0.2, 0.25) is 0 Å². The molecule has 1 aromatic rings. The van der Waals surface area contributed by atoms with Gasteiger partial charge in [-0.1, -0.05) is 0 Å². The summed E-state index contributed by atoms with van der Waals surface area (Å²) in [6, 6.07) is 3.72. The van der Waals surface area contributed by atoms with E-state index >= 15 is 0 Å². The van der Waals surface area contributed by atoms with Crippen LogP contribution in [0.2, 0.25) is 0 Å². The molecule has 0 radical (unpaired) electrons. The monoisotopic (exact) mass is 367 g/mol. The van der Waals surface area contributed by atoms with Crippen molar-refractivity contribution in [3.8, 4) is 0 Å². The summed E-state index contributed by atoms with van der Waals surface area (Å²) in [6.45, 7) is 1.78. The molecule has 2 rings (SSSR count). The number of benzene rings is 1. The molecule has 118 valence electrons. The molecule has 3 nitrogen and oxygen atoms in total. The highest BCUT2D eigenvalue weighted by atomic mass is 79.9. The van der Waals surface area contributed by atoms with Crippen molar-refractivity contribution < 1.29 is 23.0 Å². The Labute approximate surface area is 129 Å². The van der Waals surface area contributed by atoms with E-state index in [9.17, 15) is 13.2 Å². The van der Waals surface area contributed by atoms with E-state index in [0.29, 0.717) is 11.1 Å². The molecule has 0 amide bonds. The van der Waals surface area contributed by atoms with Crippen LogP contribution in [0, 0.1) is 0 Å². The normalized spacial score (nSPS) is 17.3. The zero-order valence-electron chi connectivity index (χ0n) is 11.4. The topological polar surface area (TPSA) is 32.7 Å². The first kappa shape index (κ1) is 16.6. The Bertz CT molecular complexity index is 474. The standard InChI is InChI=1S/C14H17BrF3NO2/c15-12-9-10(14(16,17)18)1-2-13(12)19-5-3-11(4-6-19)21-8-7-20/h1-2,9,11,20H,3-8H2. The summed E-state index contributed by atoms with van der Waals surface area (Å²) < 4.78 is 43.8. The second kappa shape index (κ2) is 6.98. The number of hydrogen-bond acceptors (Lipinski definition) is 3. The molecule has 1 N–H and O–H groups in total. The van der Waals surface area contributed by atoms with Crippen LogP contribution in [0.25, 0.3) is 0 Å². The van der Waals surface area contributed by atoms with Crippen LogP contribution in [-0.2, 0) is 10.9 Å². The lowest BCUT2D eigenvalue weighted by Gasteiger charge is -2.34. The van der Waals surface area contributed by atoms with E-state index in [2.05, 4.69) is 15.9 Å². The maximum Gasteiger partial charge on any atom is 0.416 e. The van der Waals surface area contributed by atoms with Crippen LogP contribution < -0.4 is 4.90 Å². The molecular weight excluding hydrogens is 351 g/mol. The van der Waals surface area contributed by atoms with Crippen molar-refractivity contribution in [3.05, 3.63) is 28.2 Å². The minimum Gasteiger partial charge on any atom is -0.394 e. The molecule has 0 atom stereocenters. The fourth-order valence-corrected chi connectivity index (χ4v) is 3.05. The molecule has 1 aromatic carbocycles. The van der Waals surface area contributed by atoms with E-state index in [1.54, 1.807) is 0 Å². The third kappa shape index (κ3) is 4.34. The van der Waals surface area contributed by atoms with Crippen LogP contribution in [0.1, 0.15) is 18.4 Å². The van der Waals surface area contributed by atoms with Crippen molar-refractivity contribution >= 4 is 21.6 Å². The minimum atomic E-state index is -4.33. The molecule has 1 fully saturated rings. The lowest BCUT2D eigenvalue weighted by Crippen LogP contribution is -2.37. The van der Waals surface area contributed by atoms with Gasteiger partial charge in [-0.25, -0.2) is 0 Å². The Morgan fingerprint density at radius 3 is 2.48 bits per heavy atom. The summed E-state index contributed by atoms with van der Waals surface area (Å²) in [6.07, 6.45) is -2.62. The number of rotatable bonds is 4. The molecule has 0 saturated carbocycles. The molecule has 1 aliphatic heterocycles. The molecule has 0 spiro atoms. The molecular formula is C14H17BrF3NO2. The zero-order chi connectivity index (χ0) is 15.5. The molecule has 0 aliphatic carbocycles. The maximum atomic E-state index is 12.6. The first-order valence-electron chi connectivity index (χ1n) is 6.76. The van der Waals surface area contributed by atoms with Crippen LogP contribution in [0.3, 0.4) is 0 Å². The number of halogens is 4. The van der Waals surface area contributed by atoms with Crippen molar-refractivity contribution in [3.63, 3.8) is 0 Å². The number of ether oxygens (including phenoxy) is 1. The van der Waals surface area contributed by atoms with E-state index < -0.39 is 11.7 Å². The quantitative estimate of drug-likeness (QED) is 0.884. The van der Waals surface area contributed by atoms with E-state index in [4.69, 9.17) is 9.84 Å². The highest BCUT2D eigenvalue weighted by Crippen LogP contribution is 2.36. The minimum absolute atomic E-state index is 0.00463. The predicted octanol–water partition coefficient (Wildman–Crippen LogP) is 3.45. The maximum absolute atomic E-state index is 12.6. The van der Waals surface area contributed by atoms with Gasteiger partial charge in [-0.2, -0.15) is 13.2 Å². The summed E-state index contributed by atoms with van der Waals surface area (Å²) in [5, 5.41) is 8.72. The highest BCUT2D eigenvalue weighted by Gasteiger charge is 2.31. The first-order chi connectivity index (χ1) is 9.91. The van der Waals surface area contributed by atoms with Crippen LogP contribution in [0.5, 0.6) is 0 Å². The van der Waals surface area contributed by atoms with E-state index in [-0.39, 0.29) is 12.7 Å². The van der Waals surface area contributed by atoms with E-state index in [1.807, 2.05) is 4.90 Å². The number of hydrogen-bond donors (Lipinski definition) is 1. The SMILES string of the molecule is OCCOC1CCN(c2ccc(C(F)(F)F)cc2Br)CC1. The Hall–Kier alpha value is -0.790. The van der Waals surface area contributed by atoms with Gasteiger partial charge in [0.15, 0.2) is 0 Å². The first-order valence-corrected chi connectivity index (χ1v) is 7.55. The third-order valence-corrected chi connectivity index (χ3v) is 4.14. The van der Waals surface area contributed by atoms with Crippen LogP contribution in [-0.4, -0.2) is 37.5 Å².